The highest BCUT2D eigenvalue weighted by Gasteiger charge is 2.19. The maximum absolute atomic E-state index is 12.7. The third-order valence-corrected chi connectivity index (χ3v) is 3.83. The van der Waals surface area contributed by atoms with Gasteiger partial charge in [0.2, 0.25) is 0 Å². The van der Waals surface area contributed by atoms with Gasteiger partial charge in [-0.25, -0.2) is 4.98 Å². The third-order valence-electron chi connectivity index (χ3n) is 3.83. The van der Waals surface area contributed by atoms with Gasteiger partial charge in [0.05, 0.1) is 0 Å². The van der Waals surface area contributed by atoms with Gasteiger partial charge < -0.3 is 10.2 Å². The molecule has 0 unspecified atom stereocenters. The van der Waals surface area contributed by atoms with Crippen LogP contribution in [0.25, 0.3) is 0 Å². The molecule has 1 N–H and O–H groups in total. The Morgan fingerprint density at radius 2 is 1.95 bits per heavy atom. The first-order valence-electron chi connectivity index (χ1n) is 8.28. The number of rotatable bonds is 6. The van der Waals surface area contributed by atoms with Gasteiger partial charge in [-0.1, -0.05) is 20.3 Å². The molecule has 1 aliphatic heterocycles. The van der Waals surface area contributed by atoms with Gasteiger partial charge in [-0.2, -0.15) is 0 Å². The Hall–Kier alpha value is -1.58. The van der Waals surface area contributed by atoms with E-state index in [1.807, 2.05) is 17.0 Å². The zero-order chi connectivity index (χ0) is 15.1. The van der Waals surface area contributed by atoms with Crippen LogP contribution in [0.2, 0.25) is 0 Å². The number of aryl methyl sites for hydroxylation is 1. The molecule has 0 atom stereocenters. The normalized spacial score (nSPS) is 15.0. The second kappa shape index (κ2) is 8.01. The van der Waals surface area contributed by atoms with Crippen molar-refractivity contribution in [2.45, 2.75) is 52.4 Å². The second-order valence-corrected chi connectivity index (χ2v) is 5.76. The summed E-state index contributed by atoms with van der Waals surface area (Å²) in [6.45, 7) is 6.94. The maximum atomic E-state index is 12.7. The van der Waals surface area contributed by atoms with Crippen molar-refractivity contribution in [3.8, 4) is 0 Å². The number of likely N-dealkylation sites (tertiary alicyclic amines) is 1. The number of aromatic nitrogens is 1. The molecule has 116 valence electrons. The predicted molar refractivity (Wildman–Crippen MR) is 86.8 cm³/mol. The minimum Gasteiger partial charge on any atom is -0.370 e. The average Bonchev–Trinajstić information content (AvgIpc) is 2.53. The van der Waals surface area contributed by atoms with E-state index in [4.69, 9.17) is 0 Å². The topological polar surface area (TPSA) is 45.2 Å². The van der Waals surface area contributed by atoms with E-state index in [2.05, 4.69) is 24.1 Å². The van der Waals surface area contributed by atoms with Gasteiger partial charge in [0.15, 0.2) is 0 Å². The molecule has 4 heteroatoms. The molecule has 1 aromatic heterocycles. The molecule has 21 heavy (non-hydrogen) atoms. The van der Waals surface area contributed by atoms with E-state index in [0.717, 1.165) is 68.8 Å². The van der Waals surface area contributed by atoms with Crippen molar-refractivity contribution < 1.29 is 4.79 Å². The zero-order valence-corrected chi connectivity index (χ0v) is 13.3. The minimum absolute atomic E-state index is 0.161. The first-order chi connectivity index (χ1) is 10.2. The van der Waals surface area contributed by atoms with E-state index >= 15 is 0 Å². The van der Waals surface area contributed by atoms with Gasteiger partial charge in [-0.15, -0.1) is 0 Å². The summed E-state index contributed by atoms with van der Waals surface area (Å²) in [5.41, 5.74) is 1.80. The van der Waals surface area contributed by atoms with Crippen LogP contribution < -0.4 is 5.32 Å². The van der Waals surface area contributed by atoms with Crippen LogP contribution in [0, 0.1) is 0 Å². The lowest BCUT2D eigenvalue weighted by molar-refractivity contribution is 0.0724. The zero-order valence-electron chi connectivity index (χ0n) is 13.3. The monoisotopic (exact) mass is 289 g/mol. The lowest BCUT2D eigenvalue weighted by atomic mass is 10.1. The van der Waals surface area contributed by atoms with Crippen molar-refractivity contribution >= 4 is 11.7 Å². The highest BCUT2D eigenvalue weighted by Crippen LogP contribution is 2.17. The summed E-state index contributed by atoms with van der Waals surface area (Å²) in [7, 11) is 0. The summed E-state index contributed by atoms with van der Waals surface area (Å²) in [5, 5.41) is 3.31. The number of piperidine rings is 1. The molecule has 0 bridgehead atoms. The summed E-state index contributed by atoms with van der Waals surface area (Å²) in [5.74, 6) is 0.997. The molecule has 0 radical (unpaired) electrons. The number of anilines is 1. The number of nitrogens with zero attached hydrogens (tertiary/aromatic N) is 2. The molecule has 1 aliphatic rings. The van der Waals surface area contributed by atoms with E-state index in [1.165, 1.54) is 6.42 Å². The van der Waals surface area contributed by atoms with Gasteiger partial charge in [0.25, 0.3) is 5.91 Å². The lowest BCUT2D eigenvalue weighted by Gasteiger charge is -2.27. The van der Waals surface area contributed by atoms with Gasteiger partial charge in [0, 0.05) is 30.9 Å². The molecule has 1 fully saturated rings. The summed E-state index contributed by atoms with van der Waals surface area (Å²) in [6, 6.07) is 3.88. The van der Waals surface area contributed by atoms with Gasteiger partial charge in [-0.05, 0) is 44.2 Å². The van der Waals surface area contributed by atoms with E-state index in [1.54, 1.807) is 0 Å². The van der Waals surface area contributed by atoms with Crippen molar-refractivity contribution in [1.29, 1.82) is 0 Å². The average molecular weight is 289 g/mol. The predicted octanol–water partition coefficient (Wildman–Crippen LogP) is 3.48. The molecule has 1 aromatic rings. The number of pyridine rings is 1. The molecule has 1 amide bonds. The first-order valence-corrected chi connectivity index (χ1v) is 8.28. The van der Waals surface area contributed by atoms with Crippen molar-refractivity contribution in [3.05, 3.63) is 23.4 Å². The fourth-order valence-corrected chi connectivity index (χ4v) is 2.72. The van der Waals surface area contributed by atoms with Crippen LogP contribution in [-0.4, -0.2) is 35.4 Å². The molecule has 0 aliphatic carbocycles. The Labute approximate surface area is 127 Å². The second-order valence-electron chi connectivity index (χ2n) is 5.76. The summed E-state index contributed by atoms with van der Waals surface area (Å²) in [6.07, 6.45) is 6.50. The van der Waals surface area contributed by atoms with Crippen LogP contribution in [0.1, 0.15) is 62.0 Å². The van der Waals surface area contributed by atoms with E-state index in [9.17, 15) is 4.79 Å². The number of nitrogens with one attached hydrogen (secondary N) is 1. The molecule has 1 saturated heterocycles. The van der Waals surface area contributed by atoms with Crippen LogP contribution in [0.5, 0.6) is 0 Å². The van der Waals surface area contributed by atoms with E-state index in [-0.39, 0.29) is 5.91 Å². The van der Waals surface area contributed by atoms with Crippen LogP contribution in [-0.2, 0) is 6.42 Å². The number of hydrogen-bond acceptors (Lipinski definition) is 3. The molecule has 2 rings (SSSR count). The van der Waals surface area contributed by atoms with Crippen molar-refractivity contribution in [2.24, 2.45) is 0 Å². The molecular formula is C17H27N3O. The fourth-order valence-electron chi connectivity index (χ4n) is 2.72. The summed E-state index contributed by atoms with van der Waals surface area (Å²) < 4.78 is 0. The maximum Gasteiger partial charge on any atom is 0.254 e. The first kappa shape index (κ1) is 15.8. The highest BCUT2D eigenvalue weighted by molar-refractivity contribution is 5.95. The van der Waals surface area contributed by atoms with Crippen LogP contribution >= 0.6 is 0 Å². The standard InChI is InChI=1S/C17H27N3O/c1-3-8-15-12-14(13-16(19-15)18-9-4-2)17(21)20-10-6-5-7-11-20/h12-13H,3-11H2,1-2H3,(H,18,19). The third kappa shape index (κ3) is 4.45. The summed E-state index contributed by atoms with van der Waals surface area (Å²) >= 11 is 0. The minimum atomic E-state index is 0.161. The number of carbonyl (C=O) groups excluding carboxylic acids is 1. The molecular weight excluding hydrogens is 262 g/mol. The number of hydrogen-bond donors (Lipinski definition) is 1. The van der Waals surface area contributed by atoms with E-state index in [0.29, 0.717) is 0 Å². The summed E-state index contributed by atoms with van der Waals surface area (Å²) in [4.78, 5) is 19.2. The largest absolute Gasteiger partial charge is 0.370 e. The highest BCUT2D eigenvalue weighted by atomic mass is 16.2. The Morgan fingerprint density at radius 1 is 1.19 bits per heavy atom. The van der Waals surface area contributed by atoms with Gasteiger partial charge in [0.1, 0.15) is 5.82 Å². The Bertz CT molecular complexity index is 467. The van der Waals surface area contributed by atoms with Crippen LogP contribution in [0.15, 0.2) is 12.1 Å². The van der Waals surface area contributed by atoms with Crippen LogP contribution in [0.3, 0.4) is 0 Å². The Kier molecular flexibility index (Phi) is 6.03. The van der Waals surface area contributed by atoms with Gasteiger partial charge in [-0.3, -0.25) is 4.79 Å². The lowest BCUT2D eigenvalue weighted by Crippen LogP contribution is -2.35. The molecule has 0 saturated carbocycles. The van der Waals surface area contributed by atoms with Crippen LogP contribution in [0.4, 0.5) is 5.82 Å². The number of carbonyl (C=O) groups is 1. The number of amides is 1. The molecule has 0 aromatic carbocycles. The van der Waals surface area contributed by atoms with Crippen molar-refractivity contribution in [2.75, 3.05) is 25.0 Å². The smallest absolute Gasteiger partial charge is 0.254 e. The van der Waals surface area contributed by atoms with Crippen molar-refractivity contribution in [1.82, 2.24) is 9.88 Å². The fraction of sp³-hybridized carbons (Fsp3) is 0.647. The SMILES string of the molecule is CCCNc1cc(C(=O)N2CCCCC2)cc(CCC)n1. The van der Waals surface area contributed by atoms with E-state index < -0.39 is 0 Å². The van der Waals surface area contributed by atoms with Gasteiger partial charge >= 0.3 is 0 Å². The Morgan fingerprint density at radius 3 is 2.62 bits per heavy atom. The van der Waals surface area contributed by atoms with Crippen molar-refractivity contribution in [3.63, 3.8) is 0 Å². The molecule has 0 spiro atoms. The Balaban J connectivity index is 2.18. The quantitative estimate of drug-likeness (QED) is 0.872. The molecule has 4 nitrogen and oxygen atoms in total. The molecule has 2 heterocycles.